The lowest BCUT2D eigenvalue weighted by molar-refractivity contribution is 0.102. The number of amides is 2. The maximum atomic E-state index is 13.1. The van der Waals surface area contributed by atoms with Gasteiger partial charge in [-0.05, 0) is 62.6 Å². The zero-order valence-electron chi connectivity index (χ0n) is 22.7. The van der Waals surface area contributed by atoms with Gasteiger partial charge in [-0.15, -0.1) is 0 Å². The van der Waals surface area contributed by atoms with Crippen LogP contribution in [0.4, 0.5) is 16.4 Å². The minimum absolute atomic E-state index is 0.0938. The fraction of sp³-hybridized carbons (Fsp3) is 0.345. The summed E-state index contributed by atoms with van der Waals surface area (Å²) >= 11 is 0. The van der Waals surface area contributed by atoms with E-state index >= 15 is 0 Å². The Bertz CT molecular complexity index is 1630. The van der Waals surface area contributed by atoms with Crippen molar-refractivity contribution in [1.82, 2.24) is 24.3 Å². The number of hydrogen-bond acceptors (Lipinski definition) is 8. The number of cyclic esters (lactones) is 1. The number of ether oxygens (including phenoxy) is 2. The monoisotopic (exact) mass is 541 g/mol. The molecule has 0 radical (unpaired) electrons. The number of anilines is 2. The third-order valence-electron chi connectivity index (χ3n) is 7.70. The number of imidazole rings is 1. The zero-order chi connectivity index (χ0) is 28.0. The molecule has 11 heteroatoms. The van der Waals surface area contributed by atoms with Crippen LogP contribution >= 0.6 is 0 Å². The predicted molar refractivity (Wildman–Crippen MR) is 149 cm³/mol. The summed E-state index contributed by atoms with van der Waals surface area (Å²) in [6, 6.07) is 9.02. The molecule has 40 heavy (non-hydrogen) atoms. The molecule has 206 valence electrons. The highest BCUT2D eigenvalue weighted by Gasteiger charge is 2.46. The number of aryl methyl sites for hydroxylation is 1. The first-order chi connectivity index (χ1) is 19.3. The fourth-order valence-corrected chi connectivity index (χ4v) is 5.65. The van der Waals surface area contributed by atoms with Gasteiger partial charge in [-0.25, -0.2) is 19.7 Å². The van der Waals surface area contributed by atoms with Crippen LogP contribution < -0.4 is 15.8 Å². The smallest absolute Gasteiger partial charge is 0.410 e. The van der Waals surface area contributed by atoms with Crippen molar-refractivity contribution < 1.29 is 19.1 Å². The summed E-state index contributed by atoms with van der Waals surface area (Å²) in [6.07, 6.45) is 6.50. The summed E-state index contributed by atoms with van der Waals surface area (Å²) in [5, 5.41) is 2.84. The molecule has 11 nitrogen and oxygen atoms in total. The fourth-order valence-electron chi connectivity index (χ4n) is 5.65. The Morgan fingerprint density at radius 3 is 2.90 bits per heavy atom. The number of nitrogen functional groups attached to an aromatic ring is 1. The Morgan fingerprint density at radius 1 is 1.25 bits per heavy atom. The van der Waals surface area contributed by atoms with Gasteiger partial charge in [0.1, 0.15) is 41.0 Å². The largest absolute Gasteiger partial charge is 0.493 e. The molecular weight excluding hydrogens is 510 g/mol. The van der Waals surface area contributed by atoms with Gasteiger partial charge in [0.05, 0.1) is 12.6 Å². The number of aromatic nitrogens is 4. The minimum Gasteiger partial charge on any atom is -0.493 e. The topological polar surface area (TPSA) is 137 Å². The highest BCUT2D eigenvalue weighted by atomic mass is 16.6. The van der Waals surface area contributed by atoms with E-state index in [0.29, 0.717) is 59.5 Å². The van der Waals surface area contributed by atoms with Gasteiger partial charge in [0.15, 0.2) is 0 Å². The summed E-state index contributed by atoms with van der Waals surface area (Å²) in [4.78, 5) is 41.0. The molecule has 4 aromatic rings. The van der Waals surface area contributed by atoms with E-state index in [9.17, 15) is 9.59 Å². The first-order valence-electron chi connectivity index (χ1n) is 13.3. The molecule has 0 bridgehead atoms. The molecule has 6 rings (SSSR count). The average molecular weight is 542 g/mol. The number of pyridine rings is 1. The SMILES string of the molecule is CCOc1cc(C(=O)Nc2cc(C)ccn2)ccc1-c1nc([C@@]2(C)CC[C@@H]3COC(=O)N3C2)n2ccnc(N)c12. The Balaban J connectivity index is 1.42. The molecule has 2 aliphatic heterocycles. The number of nitrogens with zero attached hydrogens (tertiary/aromatic N) is 5. The lowest BCUT2D eigenvalue weighted by Crippen LogP contribution is -2.49. The van der Waals surface area contributed by atoms with E-state index in [1.54, 1.807) is 35.5 Å². The van der Waals surface area contributed by atoms with Crippen LogP contribution in [0.2, 0.25) is 0 Å². The number of hydrogen-bond donors (Lipinski definition) is 2. The van der Waals surface area contributed by atoms with Gasteiger partial charge in [-0.3, -0.25) is 9.20 Å². The molecule has 0 spiro atoms. The van der Waals surface area contributed by atoms with Crippen LogP contribution in [0.25, 0.3) is 16.8 Å². The normalized spacial score (nSPS) is 20.3. The number of benzene rings is 1. The number of rotatable bonds is 6. The van der Waals surface area contributed by atoms with Crippen LogP contribution in [0.15, 0.2) is 48.9 Å². The summed E-state index contributed by atoms with van der Waals surface area (Å²) in [6.45, 7) is 7.24. The molecule has 0 aliphatic carbocycles. The van der Waals surface area contributed by atoms with E-state index < -0.39 is 5.41 Å². The molecule has 2 amide bonds. The number of fused-ring (bicyclic) bond motifs is 2. The van der Waals surface area contributed by atoms with Crippen molar-refractivity contribution in [2.24, 2.45) is 0 Å². The van der Waals surface area contributed by atoms with Crippen molar-refractivity contribution in [2.75, 3.05) is 30.8 Å². The molecular formula is C29H31N7O4. The molecule has 0 saturated carbocycles. The van der Waals surface area contributed by atoms with Crippen molar-refractivity contribution in [1.29, 1.82) is 0 Å². The van der Waals surface area contributed by atoms with Crippen molar-refractivity contribution in [2.45, 2.75) is 45.1 Å². The van der Waals surface area contributed by atoms with Gasteiger partial charge in [-0.1, -0.05) is 6.92 Å². The minimum atomic E-state index is -0.443. The van der Waals surface area contributed by atoms with Gasteiger partial charge >= 0.3 is 6.09 Å². The molecule has 2 saturated heterocycles. The van der Waals surface area contributed by atoms with Crippen LogP contribution in [0, 0.1) is 6.92 Å². The summed E-state index contributed by atoms with van der Waals surface area (Å²) in [5.74, 6) is 1.77. The second-order valence-corrected chi connectivity index (χ2v) is 10.6. The van der Waals surface area contributed by atoms with Crippen LogP contribution in [0.5, 0.6) is 5.75 Å². The predicted octanol–water partition coefficient (Wildman–Crippen LogP) is 4.21. The van der Waals surface area contributed by atoms with E-state index in [4.69, 9.17) is 20.2 Å². The number of piperidine rings is 1. The number of carbonyl (C=O) groups is 2. The zero-order valence-corrected chi connectivity index (χ0v) is 22.7. The first kappa shape index (κ1) is 25.6. The lowest BCUT2D eigenvalue weighted by Gasteiger charge is -2.39. The second kappa shape index (κ2) is 9.82. The Morgan fingerprint density at radius 2 is 2.10 bits per heavy atom. The highest BCUT2D eigenvalue weighted by molar-refractivity contribution is 6.04. The van der Waals surface area contributed by atoms with Crippen molar-refractivity contribution in [3.05, 3.63) is 65.9 Å². The molecule has 3 N–H and O–H groups in total. The van der Waals surface area contributed by atoms with Gasteiger partial charge in [-0.2, -0.15) is 0 Å². The maximum Gasteiger partial charge on any atom is 0.410 e. The average Bonchev–Trinajstić information content (AvgIpc) is 3.50. The van der Waals surface area contributed by atoms with Gasteiger partial charge < -0.3 is 25.4 Å². The molecule has 1 aromatic carbocycles. The number of carbonyl (C=O) groups excluding carboxylic acids is 2. The summed E-state index contributed by atoms with van der Waals surface area (Å²) in [7, 11) is 0. The van der Waals surface area contributed by atoms with E-state index in [1.165, 1.54) is 0 Å². The highest BCUT2D eigenvalue weighted by Crippen LogP contribution is 2.42. The van der Waals surface area contributed by atoms with Crippen LogP contribution in [0.3, 0.4) is 0 Å². The van der Waals surface area contributed by atoms with Crippen molar-refractivity contribution in [3.8, 4) is 17.0 Å². The Labute approximate surface area is 231 Å². The third kappa shape index (κ3) is 4.37. The molecule has 0 unspecified atom stereocenters. The third-order valence-corrected chi connectivity index (χ3v) is 7.70. The standard InChI is InChI=1S/C29H31N7O4/c1-4-39-21-14-18(26(37)33-22-13-17(2)8-10-31-22)5-6-20(21)23-24-25(30)32-11-12-35(24)27(34-23)29(3)9-7-19-15-40-28(38)36(19)16-29/h5-6,8,10-14,19H,4,7,9,15-16H2,1-3H3,(H2,30,32)(H,31,33,37)/t19-,29+/m1/s1. The van der Waals surface area contributed by atoms with E-state index in [-0.39, 0.29) is 18.0 Å². The number of nitrogens with one attached hydrogen (secondary N) is 1. The Hall–Kier alpha value is -4.67. The van der Waals surface area contributed by atoms with Crippen molar-refractivity contribution >= 4 is 29.2 Å². The van der Waals surface area contributed by atoms with E-state index in [2.05, 4.69) is 22.2 Å². The van der Waals surface area contributed by atoms with Gasteiger partial charge in [0.2, 0.25) is 0 Å². The Kier molecular flexibility index (Phi) is 6.28. The van der Waals surface area contributed by atoms with Crippen molar-refractivity contribution in [3.63, 3.8) is 0 Å². The van der Waals surface area contributed by atoms with E-state index in [0.717, 1.165) is 24.2 Å². The number of nitrogens with two attached hydrogens (primary N) is 1. The molecule has 5 heterocycles. The van der Waals surface area contributed by atoms with Crippen LogP contribution in [-0.2, 0) is 10.2 Å². The summed E-state index contributed by atoms with van der Waals surface area (Å²) < 4.78 is 13.3. The molecule has 2 aliphatic rings. The van der Waals surface area contributed by atoms with Gasteiger partial charge in [0, 0.05) is 41.7 Å². The molecule has 2 atom stereocenters. The molecule has 3 aromatic heterocycles. The van der Waals surface area contributed by atoms with Gasteiger partial charge in [0.25, 0.3) is 5.91 Å². The quantitative estimate of drug-likeness (QED) is 0.370. The first-order valence-corrected chi connectivity index (χ1v) is 13.3. The second-order valence-electron chi connectivity index (χ2n) is 10.6. The lowest BCUT2D eigenvalue weighted by atomic mass is 9.79. The van der Waals surface area contributed by atoms with Crippen LogP contribution in [-0.4, -0.2) is 62.1 Å². The molecule has 2 fully saturated rings. The summed E-state index contributed by atoms with van der Waals surface area (Å²) in [5.41, 5.74) is 9.32. The maximum absolute atomic E-state index is 13.1. The van der Waals surface area contributed by atoms with Crippen LogP contribution in [0.1, 0.15) is 48.4 Å². The van der Waals surface area contributed by atoms with E-state index in [1.807, 2.05) is 36.6 Å².